The molecule has 112 valence electrons. The van der Waals surface area contributed by atoms with Crippen molar-refractivity contribution in [3.63, 3.8) is 0 Å². The van der Waals surface area contributed by atoms with E-state index in [9.17, 15) is 26.7 Å². The van der Waals surface area contributed by atoms with Gasteiger partial charge in [-0.05, 0) is 30.3 Å². The lowest BCUT2D eigenvalue weighted by Gasteiger charge is -2.14. The van der Waals surface area contributed by atoms with Crippen LogP contribution in [0.3, 0.4) is 0 Å². The first-order chi connectivity index (χ1) is 9.81. The number of carbonyl (C=O) groups excluding carboxylic acids is 1. The van der Waals surface area contributed by atoms with E-state index in [-0.39, 0.29) is 17.1 Å². The van der Waals surface area contributed by atoms with Gasteiger partial charge in [0, 0.05) is 5.56 Å². The molecule has 0 aliphatic carbocycles. The van der Waals surface area contributed by atoms with Gasteiger partial charge in [-0.15, -0.1) is 0 Å². The zero-order valence-corrected chi connectivity index (χ0v) is 10.2. The molecule has 1 heterocycles. The van der Waals surface area contributed by atoms with Crippen molar-refractivity contribution in [3.8, 4) is 17.1 Å². The first-order valence-electron chi connectivity index (χ1n) is 5.52. The molecular formula is C13H7F5O3. The molecular weight excluding hydrogens is 299 g/mol. The molecule has 0 fully saturated rings. The van der Waals surface area contributed by atoms with Crippen LogP contribution in [-0.4, -0.2) is 12.9 Å². The summed E-state index contributed by atoms with van der Waals surface area (Å²) in [5, 5.41) is 0. The number of halogens is 5. The van der Waals surface area contributed by atoms with Gasteiger partial charge in [-0.3, -0.25) is 4.79 Å². The standard InChI is InChI=1S/C13H7F5O3/c14-12(15)21-11-3-1-7(5-9(11)13(16,17)18)10-4-2-8(6-19)20-10/h1-6,12H. The number of carbonyl (C=O) groups is 1. The van der Waals surface area contributed by atoms with Crippen LogP contribution in [0, 0.1) is 0 Å². The van der Waals surface area contributed by atoms with Gasteiger partial charge in [-0.2, -0.15) is 22.0 Å². The van der Waals surface area contributed by atoms with Gasteiger partial charge in [0.25, 0.3) is 0 Å². The number of rotatable bonds is 4. The van der Waals surface area contributed by atoms with Gasteiger partial charge in [0.05, 0.1) is 5.56 Å². The van der Waals surface area contributed by atoms with E-state index in [0.29, 0.717) is 12.4 Å². The van der Waals surface area contributed by atoms with Gasteiger partial charge in [-0.25, -0.2) is 0 Å². The van der Waals surface area contributed by atoms with Crippen LogP contribution >= 0.6 is 0 Å². The predicted octanol–water partition coefficient (Wildman–Crippen LogP) is 4.38. The van der Waals surface area contributed by atoms with Crippen molar-refractivity contribution in [2.45, 2.75) is 12.8 Å². The highest BCUT2D eigenvalue weighted by molar-refractivity contribution is 5.73. The molecule has 1 aromatic heterocycles. The monoisotopic (exact) mass is 306 g/mol. The molecule has 2 rings (SSSR count). The lowest BCUT2D eigenvalue weighted by molar-refractivity contribution is -0.141. The summed E-state index contributed by atoms with van der Waals surface area (Å²) >= 11 is 0. The fraction of sp³-hybridized carbons (Fsp3) is 0.154. The number of ether oxygens (including phenoxy) is 1. The summed E-state index contributed by atoms with van der Waals surface area (Å²) in [6.07, 6.45) is -4.48. The van der Waals surface area contributed by atoms with Crippen LogP contribution in [0.1, 0.15) is 16.1 Å². The van der Waals surface area contributed by atoms with Crippen LogP contribution in [0.4, 0.5) is 22.0 Å². The summed E-state index contributed by atoms with van der Waals surface area (Å²) in [7, 11) is 0. The molecule has 0 spiro atoms. The number of furan rings is 1. The van der Waals surface area contributed by atoms with E-state index < -0.39 is 24.1 Å². The molecule has 0 radical (unpaired) electrons. The third kappa shape index (κ3) is 3.39. The van der Waals surface area contributed by atoms with Crippen molar-refractivity contribution < 1.29 is 35.9 Å². The van der Waals surface area contributed by atoms with Crippen molar-refractivity contribution in [1.29, 1.82) is 0 Å². The number of hydrogen-bond acceptors (Lipinski definition) is 3. The first-order valence-corrected chi connectivity index (χ1v) is 5.52. The summed E-state index contributed by atoms with van der Waals surface area (Å²) in [5.41, 5.74) is -1.37. The Balaban J connectivity index is 2.48. The minimum atomic E-state index is -4.87. The second-order valence-corrected chi connectivity index (χ2v) is 3.91. The third-order valence-electron chi connectivity index (χ3n) is 2.53. The van der Waals surface area contributed by atoms with E-state index in [0.717, 1.165) is 12.1 Å². The molecule has 0 N–H and O–H groups in total. The van der Waals surface area contributed by atoms with Crippen LogP contribution in [0.2, 0.25) is 0 Å². The molecule has 0 aliphatic heterocycles. The van der Waals surface area contributed by atoms with E-state index in [1.807, 2.05) is 0 Å². The average molecular weight is 306 g/mol. The molecule has 8 heteroatoms. The van der Waals surface area contributed by atoms with E-state index in [4.69, 9.17) is 4.42 Å². The number of alkyl halides is 5. The van der Waals surface area contributed by atoms with Crippen molar-refractivity contribution >= 4 is 6.29 Å². The molecule has 0 atom stereocenters. The maximum absolute atomic E-state index is 12.9. The maximum atomic E-state index is 12.9. The largest absolute Gasteiger partial charge is 0.453 e. The summed E-state index contributed by atoms with van der Waals surface area (Å²) in [4.78, 5) is 10.5. The molecule has 0 aliphatic rings. The minimum absolute atomic E-state index is 0.00574. The summed E-state index contributed by atoms with van der Waals surface area (Å²) < 4.78 is 71.6. The second kappa shape index (κ2) is 5.55. The zero-order chi connectivity index (χ0) is 15.6. The lowest BCUT2D eigenvalue weighted by Crippen LogP contribution is -2.11. The average Bonchev–Trinajstić information content (AvgIpc) is 2.86. The van der Waals surface area contributed by atoms with Crippen molar-refractivity contribution in [3.05, 3.63) is 41.7 Å². The highest BCUT2D eigenvalue weighted by atomic mass is 19.4. The molecule has 0 saturated carbocycles. The van der Waals surface area contributed by atoms with Crippen LogP contribution in [0.5, 0.6) is 5.75 Å². The third-order valence-corrected chi connectivity index (χ3v) is 2.53. The van der Waals surface area contributed by atoms with Gasteiger partial charge in [-0.1, -0.05) is 0 Å². The Morgan fingerprint density at radius 2 is 1.86 bits per heavy atom. The van der Waals surface area contributed by atoms with Gasteiger partial charge >= 0.3 is 12.8 Å². The highest BCUT2D eigenvalue weighted by Gasteiger charge is 2.35. The lowest BCUT2D eigenvalue weighted by atomic mass is 10.1. The molecule has 0 bridgehead atoms. The van der Waals surface area contributed by atoms with E-state index in [1.165, 1.54) is 12.1 Å². The van der Waals surface area contributed by atoms with Crippen molar-refractivity contribution in [2.24, 2.45) is 0 Å². The van der Waals surface area contributed by atoms with Crippen LogP contribution in [0.25, 0.3) is 11.3 Å². The first kappa shape index (κ1) is 15.0. The van der Waals surface area contributed by atoms with Crippen molar-refractivity contribution in [2.75, 3.05) is 0 Å². The Morgan fingerprint density at radius 3 is 2.38 bits per heavy atom. The SMILES string of the molecule is O=Cc1ccc(-c2ccc(OC(F)F)c(C(F)(F)F)c2)o1. The number of hydrogen-bond donors (Lipinski definition) is 0. The van der Waals surface area contributed by atoms with Crippen LogP contribution in [0.15, 0.2) is 34.7 Å². The number of aldehydes is 1. The Bertz CT molecular complexity index is 645. The normalized spacial score (nSPS) is 11.7. The topological polar surface area (TPSA) is 39.4 Å². The quantitative estimate of drug-likeness (QED) is 0.621. The smallest absolute Gasteiger partial charge is 0.419 e. The summed E-state index contributed by atoms with van der Waals surface area (Å²) in [6, 6.07) is 5.09. The second-order valence-electron chi connectivity index (χ2n) is 3.91. The van der Waals surface area contributed by atoms with E-state index >= 15 is 0 Å². The molecule has 0 unspecified atom stereocenters. The van der Waals surface area contributed by atoms with Crippen molar-refractivity contribution in [1.82, 2.24) is 0 Å². The Morgan fingerprint density at radius 1 is 1.14 bits per heavy atom. The Labute approximate surface area is 114 Å². The fourth-order valence-electron chi connectivity index (χ4n) is 1.67. The Hall–Kier alpha value is -2.38. The summed E-state index contributed by atoms with van der Waals surface area (Å²) in [5.74, 6) is -1.04. The molecule has 21 heavy (non-hydrogen) atoms. The Kier molecular flexibility index (Phi) is 3.97. The molecule has 0 saturated heterocycles. The highest BCUT2D eigenvalue weighted by Crippen LogP contribution is 2.39. The van der Waals surface area contributed by atoms with Gasteiger partial charge < -0.3 is 9.15 Å². The molecule has 0 amide bonds. The molecule has 2 aromatic rings. The van der Waals surface area contributed by atoms with Gasteiger partial charge in [0.2, 0.25) is 0 Å². The zero-order valence-electron chi connectivity index (χ0n) is 10.2. The maximum Gasteiger partial charge on any atom is 0.419 e. The van der Waals surface area contributed by atoms with Crippen LogP contribution < -0.4 is 4.74 Å². The minimum Gasteiger partial charge on any atom is -0.453 e. The summed E-state index contributed by atoms with van der Waals surface area (Å²) in [6.45, 7) is -3.37. The van der Waals surface area contributed by atoms with Gasteiger partial charge in [0.1, 0.15) is 11.5 Å². The predicted molar refractivity (Wildman–Crippen MR) is 61.2 cm³/mol. The van der Waals surface area contributed by atoms with E-state index in [1.54, 1.807) is 0 Å². The number of benzene rings is 1. The van der Waals surface area contributed by atoms with Gasteiger partial charge in [0.15, 0.2) is 12.0 Å². The van der Waals surface area contributed by atoms with E-state index in [2.05, 4.69) is 4.74 Å². The molecule has 3 nitrogen and oxygen atoms in total. The van der Waals surface area contributed by atoms with Crippen LogP contribution in [-0.2, 0) is 6.18 Å². The molecule has 1 aromatic carbocycles. The fourth-order valence-corrected chi connectivity index (χ4v) is 1.67.